The summed E-state index contributed by atoms with van der Waals surface area (Å²) in [5.41, 5.74) is 0. The van der Waals surface area contributed by atoms with Gasteiger partial charge in [-0.05, 0) is 36.8 Å². The maximum atomic E-state index is 12.1. The average Bonchev–Trinajstić information content (AvgIpc) is 3.75. The van der Waals surface area contributed by atoms with Crippen LogP contribution in [0.15, 0.2) is 18.2 Å². The van der Waals surface area contributed by atoms with Crippen molar-refractivity contribution in [3.8, 4) is 11.5 Å². The summed E-state index contributed by atoms with van der Waals surface area (Å²) in [7, 11) is 0. The van der Waals surface area contributed by atoms with Crippen LogP contribution in [0.1, 0.15) is 128 Å². The smallest absolute Gasteiger partial charge is 0.311 e. The van der Waals surface area contributed by atoms with Gasteiger partial charge < -0.3 is 9.47 Å². The molecule has 0 bridgehead atoms. The normalized spacial score (nSPS) is 15.2. The van der Waals surface area contributed by atoms with E-state index in [4.69, 9.17) is 21.1 Å². The number of hydrogen-bond acceptors (Lipinski definition) is 4. The zero-order valence-corrected chi connectivity index (χ0v) is 22.3. The molecule has 0 radical (unpaired) electrons. The molecular formula is C30H45ClO4. The summed E-state index contributed by atoms with van der Waals surface area (Å²) in [5.74, 6) is 2.26. The SMILES string of the molecule is O=C(CCCCCCCCC1CC1)Oc1ccc(OC(=O)CCCCCCCCC2CC2)c(Cl)c1. The molecule has 0 heterocycles. The minimum absolute atomic E-state index is 0.243. The van der Waals surface area contributed by atoms with Gasteiger partial charge in [-0.25, -0.2) is 0 Å². The Bertz CT molecular complexity index is 770. The van der Waals surface area contributed by atoms with E-state index in [0.29, 0.717) is 24.3 Å². The highest BCUT2D eigenvalue weighted by molar-refractivity contribution is 6.32. The Hall–Kier alpha value is -1.55. The lowest BCUT2D eigenvalue weighted by atomic mass is 10.1. The zero-order valence-electron chi connectivity index (χ0n) is 21.5. The third-order valence-corrected chi connectivity index (χ3v) is 7.53. The highest BCUT2D eigenvalue weighted by Gasteiger charge is 2.20. The van der Waals surface area contributed by atoms with Crippen LogP contribution in [0.4, 0.5) is 0 Å². The molecule has 0 saturated heterocycles. The van der Waals surface area contributed by atoms with Crippen molar-refractivity contribution in [1.82, 2.24) is 0 Å². The zero-order chi connectivity index (χ0) is 24.7. The van der Waals surface area contributed by atoms with Crippen LogP contribution in [-0.4, -0.2) is 11.9 Å². The van der Waals surface area contributed by atoms with E-state index in [9.17, 15) is 9.59 Å². The van der Waals surface area contributed by atoms with Gasteiger partial charge in [0, 0.05) is 18.9 Å². The Morgan fingerprint density at radius 2 is 1.11 bits per heavy atom. The van der Waals surface area contributed by atoms with Crippen molar-refractivity contribution in [3.05, 3.63) is 23.2 Å². The molecule has 0 aliphatic heterocycles. The molecule has 2 fully saturated rings. The van der Waals surface area contributed by atoms with Crippen LogP contribution in [0, 0.1) is 11.8 Å². The highest BCUT2D eigenvalue weighted by Crippen LogP contribution is 2.35. The number of carbonyl (C=O) groups excluding carboxylic acids is 2. The molecule has 0 N–H and O–H groups in total. The topological polar surface area (TPSA) is 52.6 Å². The van der Waals surface area contributed by atoms with Gasteiger partial charge in [0.25, 0.3) is 0 Å². The fourth-order valence-corrected chi connectivity index (χ4v) is 4.83. The predicted octanol–water partition coefficient (Wildman–Crippen LogP) is 9.21. The minimum atomic E-state index is -0.266. The molecule has 0 aromatic heterocycles. The second-order valence-electron chi connectivity index (χ2n) is 10.7. The Labute approximate surface area is 217 Å². The predicted molar refractivity (Wildman–Crippen MR) is 142 cm³/mol. The summed E-state index contributed by atoms with van der Waals surface area (Å²) in [5, 5.41) is 0.283. The van der Waals surface area contributed by atoms with Crippen LogP contribution in [-0.2, 0) is 9.59 Å². The molecule has 0 unspecified atom stereocenters. The first-order chi connectivity index (χ1) is 17.1. The lowest BCUT2D eigenvalue weighted by Gasteiger charge is -2.09. The van der Waals surface area contributed by atoms with E-state index in [1.165, 1.54) is 89.9 Å². The van der Waals surface area contributed by atoms with Crippen molar-refractivity contribution >= 4 is 23.5 Å². The summed E-state index contributed by atoms with van der Waals surface area (Å²) >= 11 is 6.26. The van der Waals surface area contributed by atoms with Gasteiger partial charge in [-0.2, -0.15) is 0 Å². The van der Waals surface area contributed by atoms with E-state index >= 15 is 0 Å². The van der Waals surface area contributed by atoms with Crippen molar-refractivity contribution in [2.24, 2.45) is 11.8 Å². The Kier molecular flexibility index (Phi) is 13.0. The van der Waals surface area contributed by atoms with E-state index in [-0.39, 0.29) is 17.0 Å². The van der Waals surface area contributed by atoms with Crippen LogP contribution in [0.5, 0.6) is 11.5 Å². The molecular weight excluding hydrogens is 460 g/mol. The van der Waals surface area contributed by atoms with Gasteiger partial charge in [0.05, 0.1) is 5.02 Å². The van der Waals surface area contributed by atoms with Crippen LogP contribution < -0.4 is 9.47 Å². The monoisotopic (exact) mass is 504 g/mol. The van der Waals surface area contributed by atoms with Gasteiger partial charge in [0.1, 0.15) is 11.5 Å². The second-order valence-corrected chi connectivity index (χ2v) is 11.2. The van der Waals surface area contributed by atoms with E-state index in [1.807, 2.05) is 0 Å². The van der Waals surface area contributed by atoms with Crippen LogP contribution >= 0.6 is 11.6 Å². The number of unbranched alkanes of at least 4 members (excludes halogenated alkanes) is 10. The van der Waals surface area contributed by atoms with E-state index in [0.717, 1.165) is 37.5 Å². The van der Waals surface area contributed by atoms with Crippen LogP contribution in [0.25, 0.3) is 0 Å². The molecule has 2 saturated carbocycles. The van der Waals surface area contributed by atoms with E-state index in [2.05, 4.69) is 0 Å². The number of carbonyl (C=O) groups is 2. The van der Waals surface area contributed by atoms with Gasteiger partial charge in [-0.1, -0.05) is 114 Å². The molecule has 5 heteroatoms. The molecule has 0 amide bonds. The van der Waals surface area contributed by atoms with Gasteiger partial charge >= 0.3 is 11.9 Å². The number of ether oxygens (including phenoxy) is 2. The lowest BCUT2D eigenvalue weighted by molar-refractivity contribution is -0.135. The van der Waals surface area contributed by atoms with Gasteiger partial charge in [-0.15, -0.1) is 0 Å². The standard InChI is InChI=1S/C30H45ClO4/c31-27-23-26(34-29(32)15-11-7-3-1-5-9-13-24-17-18-24)21-22-28(27)35-30(33)16-12-8-4-2-6-10-14-25-19-20-25/h21-25H,1-20H2. The Morgan fingerprint density at radius 3 is 1.60 bits per heavy atom. The third-order valence-electron chi connectivity index (χ3n) is 7.24. The quantitative estimate of drug-likeness (QED) is 0.101. The number of esters is 2. The molecule has 2 aliphatic rings. The largest absolute Gasteiger partial charge is 0.426 e. The number of benzene rings is 1. The third kappa shape index (κ3) is 13.4. The van der Waals surface area contributed by atoms with Gasteiger partial charge in [0.2, 0.25) is 0 Å². The highest BCUT2D eigenvalue weighted by atomic mass is 35.5. The molecule has 2 aliphatic carbocycles. The Balaban J connectivity index is 1.19. The second kappa shape index (κ2) is 16.2. The van der Waals surface area contributed by atoms with Crippen molar-refractivity contribution < 1.29 is 19.1 Å². The number of hydrogen-bond donors (Lipinski definition) is 0. The summed E-state index contributed by atoms with van der Waals surface area (Å²) in [6.45, 7) is 0. The first kappa shape index (κ1) is 28.0. The summed E-state index contributed by atoms with van der Waals surface area (Å²) < 4.78 is 10.8. The van der Waals surface area contributed by atoms with Crippen molar-refractivity contribution in [2.75, 3.05) is 0 Å². The first-order valence-corrected chi connectivity index (χ1v) is 14.7. The first-order valence-electron chi connectivity index (χ1n) is 14.3. The van der Waals surface area contributed by atoms with Gasteiger partial charge in [-0.3, -0.25) is 9.59 Å². The maximum Gasteiger partial charge on any atom is 0.311 e. The molecule has 1 aromatic rings. The molecule has 0 atom stereocenters. The fourth-order valence-electron chi connectivity index (χ4n) is 4.62. The number of rotatable bonds is 20. The average molecular weight is 505 g/mol. The molecule has 1 aromatic carbocycles. The van der Waals surface area contributed by atoms with E-state index < -0.39 is 0 Å². The molecule has 4 nitrogen and oxygen atoms in total. The molecule has 35 heavy (non-hydrogen) atoms. The van der Waals surface area contributed by atoms with Crippen molar-refractivity contribution in [3.63, 3.8) is 0 Å². The van der Waals surface area contributed by atoms with Crippen LogP contribution in [0.2, 0.25) is 5.02 Å². The van der Waals surface area contributed by atoms with Gasteiger partial charge in [0.15, 0.2) is 0 Å². The molecule has 196 valence electrons. The summed E-state index contributed by atoms with van der Waals surface area (Å²) in [4.78, 5) is 24.3. The molecule has 0 spiro atoms. The maximum absolute atomic E-state index is 12.1. The summed E-state index contributed by atoms with van der Waals surface area (Å²) in [6, 6.07) is 4.78. The summed E-state index contributed by atoms with van der Waals surface area (Å²) in [6.07, 6.45) is 23.5. The van der Waals surface area contributed by atoms with Crippen LogP contribution in [0.3, 0.4) is 0 Å². The van der Waals surface area contributed by atoms with E-state index in [1.54, 1.807) is 18.2 Å². The fraction of sp³-hybridized carbons (Fsp3) is 0.733. The molecule has 3 rings (SSSR count). The lowest BCUT2D eigenvalue weighted by Crippen LogP contribution is -2.09. The van der Waals surface area contributed by atoms with Crippen molar-refractivity contribution in [2.45, 2.75) is 128 Å². The Morgan fingerprint density at radius 1 is 0.657 bits per heavy atom. The number of halogens is 1. The van der Waals surface area contributed by atoms with Crippen molar-refractivity contribution in [1.29, 1.82) is 0 Å². The minimum Gasteiger partial charge on any atom is -0.426 e.